The highest BCUT2D eigenvalue weighted by molar-refractivity contribution is 7.62. The summed E-state index contributed by atoms with van der Waals surface area (Å²) in [6.07, 6.45) is 1.96. The Kier molecular flexibility index (Phi) is 6.19. The first-order valence-corrected chi connectivity index (χ1v) is 11.5. The summed E-state index contributed by atoms with van der Waals surface area (Å²) < 4.78 is 15.9. The normalized spacial score (nSPS) is 25.3. The molecule has 1 unspecified atom stereocenters. The van der Waals surface area contributed by atoms with Crippen LogP contribution in [-0.2, 0) is 9.26 Å². The van der Waals surface area contributed by atoms with Crippen molar-refractivity contribution in [3.8, 4) is 0 Å². The third kappa shape index (κ3) is 3.98. The second-order valence-corrected chi connectivity index (χ2v) is 10.0. The number of imidazole rings is 1. The van der Waals surface area contributed by atoms with Crippen LogP contribution in [0.4, 0.5) is 5.82 Å². The van der Waals surface area contributed by atoms with Crippen molar-refractivity contribution in [2.45, 2.75) is 64.6 Å². The minimum absolute atomic E-state index is 0.117. The summed E-state index contributed by atoms with van der Waals surface area (Å²) >= 11 is 0. The first-order valence-electron chi connectivity index (χ1n) is 9.41. The molecular formula is C17H30N6O4P+. The number of rotatable bonds is 7. The fraction of sp³-hybridized carbons (Fsp3) is 0.706. The van der Waals surface area contributed by atoms with Crippen LogP contribution >= 0.6 is 7.87 Å². The van der Waals surface area contributed by atoms with E-state index in [0.29, 0.717) is 23.4 Å². The van der Waals surface area contributed by atoms with Crippen LogP contribution in [0, 0.1) is 0 Å². The zero-order chi connectivity index (χ0) is 20.6. The van der Waals surface area contributed by atoms with Crippen molar-refractivity contribution in [1.29, 1.82) is 0 Å². The summed E-state index contributed by atoms with van der Waals surface area (Å²) in [6.45, 7) is 9.62. The van der Waals surface area contributed by atoms with Gasteiger partial charge in [-0.2, -0.15) is 4.52 Å². The number of nitrogen functional groups attached to an aromatic ring is 1. The van der Waals surface area contributed by atoms with Gasteiger partial charge in [-0.25, -0.2) is 19.8 Å². The van der Waals surface area contributed by atoms with Crippen LogP contribution < -0.4 is 5.73 Å². The summed E-state index contributed by atoms with van der Waals surface area (Å²) in [6, 6.07) is 0.234. The maximum Gasteiger partial charge on any atom is 0.343 e. The third-order valence-corrected chi connectivity index (χ3v) is 7.33. The zero-order valence-corrected chi connectivity index (χ0v) is 17.8. The van der Waals surface area contributed by atoms with Gasteiger partial charge in [0.1, 0.15) is 36.9 Å². The van der Waals surface area contributed by atoms with E-state index in [9.17, 15) is 10.00 Å². The average molecular weight is 413 g/mol. The van der Waals surface area contributed by atoms with Crippen LogP contribution in [0.1, 0.15) is 40.3 Å². The lowest BCUT2D eigenvalue weighted by atomic mass is 10.2. The van der Waals surface area contributed by atoms with Gasteiger partial charge in [-0.3, -0.25) is 4.57 Å². The highest BCUT2D eigenvalue weighted by Crippen LogP contribution is 2.60. The molecule has 1 aliphatic rings. The Balaban J connectivity index is 1.82. The smallest absolute Gasteiger partial charge is 0.343 e. The molecule has 11 heteroatoms. The number of ether oxygens (including phenoxy) is 1. The average Bonchev–Trinajstić information content (AvgIpc) is 3.17. The Morgan fingerprint density at radius 1 is 1.32 bits per heavy atom. The molecule has 2 aromatic heterocycles. The van der Waals surface area contributed by atoms with Gasteiger partial charge in [-0.1, -0.05) is 0 Å². The van der Waals surface area contributed by atoms with Crippen molar-refractivity contribution in [2.24, 2.45) is 0 Å². The van der Waals surface area contributed by atoms with Gasteiger partial charge in [0.15, 0.2) is 11.5 Å². The molecule has 0 amide bonds. The largest absolute Gasteiger partial charge is 0.394 e. The van der Waals surface area contributed by atoms with E-state index < -0.39 is 26.3 Å². The van der Waals surface area contributed by atoms with Crippen LogP contribution in [0.25, 0.3) is 11.2 Å². The number of fused-ring (bicyclic) bond motifs is 1. The predicted molar refractivity (Wildman–Crippen MR) is 107 cm³/mol. The molecule has 0 radical (unpaired) electrons. The van der Waals surface area contributed by atoms with Gasteiger partial charge in [-0.05, 0) is 27.7 Å². The van der Waals surface area contributed by atoms with E-state index >= 15 is 0 Å². The number of aliphatic hydroxyl groups is 1. The summed E-state index contributed by atoms with van der Waals surface area (Å²) in [5.41, 5.74) is 6.91. The molecule has 0 aromatic carbocycles. The molecule has 1 saturated heterocycles. The Morgan fingerprint density at radius 2 is 2.00 bits per heavy atom. The molecule has 1 aliphatic heterocycles. The molecule has 3 rings (SSSR count). The molecule has 0 spiro atoms. The fourth-order valence-electron chi connectivity index (χ4n) is 3.99. The van der Waals surface area contributed by atoms with E-state index in [1.807, 2.05) is 32.4 Å². The lowest BCUT2D eigenvalue weighted by Crippen LogP contribution is -2.39. The van der Waals surface area contributed by atoms with Crippen LogP contribution in [-0.4, -0.2) is 71.8 Å². The van der Waals surface area contributed by atoms with Gasteiger partial charge < -0.3 is 15.6 Å². The Hall–Kier alpha value is -1.42. The lowest BCUT2D eigenvalue weighted by molar-refractivity contribution is -0.0414. The molecule has 0 bridgehead atoms. The van der Waals surface area contributed by atoms with Crippen molar-refractivity contribution in [3.63, 3.8) is 0 Å². The maximum absolute atomic E-state index is 11.1. The van der Waals surface area contributed by atoms with Crippen molar-refractivity contribution in [3.05, 3.63) is 12.7 Å². The van der Waals surface area contributed by atoms with Crippen molar-refractivity contribution in [1.82, 2.24) is 24.2 Å². The first-order chi connectivity index (χ1) is 13.2. The second kappa shape index (κ2) is 8.14. The van der Waals surface area contributed by atoms with Gasteiger partial charge in [0.25, 0.3) is 0 Å². The second-order valence-electron chi connectivity index (χ2n) is 7.68. The minimum Gasteiger partial charge on any atom is -0.394 e. The fourth-order valence-corrected chi connectivity index (χ4v) is 6.55. The molecule has 0 saturated carbocycles. The van der Waals surface area contributed by atoms with Crippen LogP contribution in [0.2, 0.25) is 0 Å². The number of hydrogen-bond acceptors (Lipinski definition) is 9. The lowest BCUT2D eigenvalue weighted by Gasteiger charge is -2.34. The monoisotopic (exact) mass is 413 g/mol. The molecule has 0 aliphatic carbocycles. The Morgan fingerprint density at radius 3 is 2.61 bits per heavy atom. The summed E-state index contributed by atoms with van der Waals surface area (Å²) in [5.74, 6) is 0.298. The van der Waals surface area contributed by atoms with E-state index in [0.717, 1.165) is 0 Å². The Labute approximate surface area is 165 Å². The summed E-state index contributed by atoms with van der Waals surface area (Å²) in [5, 5.41) is 9.80. The van der Waals surface area contributed by atoms with Gasteiger partial charge in [0.05, 0.1) is 12.9 Å². The van der Waals surface area contributed by atoms with E-state index in [1.165, 1.54) is 6.33 Å². The van der Waals surface area contributed by atoms with Gasteiger partial charge >= 0.3 is 7.87 Å². The molecule has 1 fully saturated rings. The van der Waals surface area contributed by atoms with Crippen LogP contribution in [0.15, 0.2) is 12.7 Å². The SMILES string of the molecule is CC(C)N(C(C)C)[P+](C)(O)O[C@H]1C[C@H](n2cnc3c(N)ncnc32)O[C@@H]1CO. The van der Waals surface area contributed by atoms with Gasteiger partial charge in [-0.15, -0.1) is 4.67 Å². The van der Waals surface area contributed by atoms with Gasteiger partial charge in [0.2, 0.25) is 0 Å². The van der Waals surface area contributed by atoms with Crippen molar-refractivity contribution in [2.75, 3.05) is 19.0 Å². The van der Waals surface area contributed by atoms with E-state index in [-0.39, 0.29) is 18.7 Å². The standard InChI is InChI=1S/C17H30N6O4P/c1-10(2)23(11(3)4)28(5,25)27-12-6-14(26-13(12)7-24)22-9-21-15-16(18)19-8-20-17(15)22/h8-14,24-25H,6-7H2,1-5H3,(H2,18,19,20)/q+1/t12-,13+,14+,28?/m0/s1. The molecular weight excluding hydrogens is 383 g/mol. The molecule has 4 atom stereocenters. The minimum atomic E-state index is -2.85. The van der Waals surface area contributed by atoms with E-state index in [4.69, 9.17) is 15.0 Å². The van der Waals surface area contributed by atoms with Crippen LogP contribution in [0.5, 0.6) is 0 Å². The molecule has 10 nitrogen and oxygen atoms in total. The number of nitrogens with zero attached hydrogens (tertiary/aromatic N) is 5. The number of anilines is 1. The number of nitrogens with two attached hydrogens (primary N) is 1. The number of hydrogen-bond donors (Lipinski definition) is 3. The van der Waals surface area contributed by atoms with Gasteiger partial charge in [0, 0.05) is 18.5 Å². The highest BCUT2D eigenvalue weighted by atomic mass is 31.2. The predicted octanol–water partition coefficient (Wildman–Crippen LogP) is 1.58. The highest BCUT2D eigenvalue weighted by Gasteiger charge is 2.50. The molecule has 3 heterocycles. The molecule has 28 heavy (non-hydrogen) atoms. The van der Waals surface area contributed by atoms with E-state index in [1.54, 1.807) is 17.6 Å². The Bertz CT molecular complexity index is 806. The molecule has 156 valence electrons. The zero-order valence-electron chi connectivity index (χ0n) is 16.9. The van der Waals surface area contributed by atoms with Crippen LogP contribution in [0.3, 0.4) is 0 Å². The third-order valence-electron chi connectivity index (χ3n) is 4.88. The molecule has 2 aromatic rings. The quantitative estimate of drug-likeness (QED) is 0.579. The summed E-state index contributed by atoms with van der Waals surface area (Å²) in [4.78, 5) is 23.6. The van der Waals surface area contributed by atoms with Crippen molar-refractivity contribution >= 4 is 24.8 Å². The maximum atomic E-state index is 11.1. The number of aromatic nitrogens is 4. The van der Waals surface area contributed by atoms with E-state index in [2.05, 4.69) is 15.0 Å². The van der Waals surface area contributed by atoms with Crippen molar-refractivity contribution < 1.29 is 19.3 Å². The molecule has 4 N–H and O–H groups in total. The summed E-state index contributed by atoms with van der Waals surface area (Å²) in [7, 11) is -2.85. The topological polar surface area (TPSA) is 132 Å². The number of aliphatic hydroxyl groups excluding tert-OH is 1. The first kappa shape index (κ1) is 21.3.